The molecule has 1 spiro atoms. The van der Waals surface area contributed by atoms with Crippen LogP contribution >= 0.6 is 11.6 Å². The molecule has 7 nitrogen and oxygen atoms in total. The Labute approximate surface area is 196 Å². The first-order valence-electron chi connectivity index (χ1n) is 10.2. The Balaban J connectivity index is 1.66. The third-order valence-electron chi connectivity index (χ3n) is 6.00. The minimum Gasteiger partial charge on any atom is -0.341 e. The lowest BCUT2D eigenvalue weighted by molar-refractivity contribution is -0.161. The molecule has 2 aliphatic rings. The number of alkyl halides is 3. The summed E-state index contributed by atoms with van der Waals surface area (Å²) in [6.07, 6.45) is -4.51. The van der Waals surface area contributed by atoms with Gasteiger partial charge in [0.25, 0.3) is 5.91 Å². The van der Waals surface area contributed by atoms with Gasteiger partial charge in [0.1, 0.15) is 12.4 Å². The lowest BCUT2D eigenvalue weighted by Crippen LogP contribution is -2.81. The van der Waals surface area contributed by atoms with Gasteiger partial charge in [-0.15, -0.1) is 0 Å². The van der Waals surface area contributed by atoms with E-state index in [4.69, 9.17) is 11.6 Å². The molecule has 34 heavy (non-hydrogen) atoms. The number of nitrogens with zero attached hydrogens (tertiary/aromatic N) is 3. The van der Waals surface area contributed by atoms with Crippen LogP contribution in [0.25, 0.3) is 0 Å². The fraction of sp³-hybridized carbons (Fsp3) is 0.318. The second-order valence-corrected chi connectivity index (χ2v) is 8.51. The van der Waals surface area contributed by atoms with E-state index in [9.17, 15) is 31.9 Å². The van der Waals surface area contributed by atoms with Gasteiger partial charge in [0, 0.05) is 19.3 Å². The molecule has 0 radical (unpaired) electrons. The molecule has 12 heteroatoms. The molecule has 4 amide bonds. The number of carbonyl (C=O) groups is 3. The normalized spacial score (nSPS) is 17.8. The molecule has 0 bridgehead atoms. The van der Waals surface area contributed by atoms with Crippen LogP contribution in [0.4, 0.5) is 28.0 Å². The highest BCUT2D eigenvalue weighted by Gasteiger charge is 2.60. The highest BCUT2D eigenvalue weighted by Crippen LogP contribution is 2.37. The monoisotopic (exact) mass is 498 g/mol. The number of hydrogen-bond acceptors (Lipinski definition) is 3. The molecule has 0 aromatic heterocycles. The summed E-state index contributed by atoms with van der Waals surface area (Å²) in [4.78, 5) is 42.6. The van der Waals surface area contributed by atoms with Gasteiger partial charge in [-0.25, -0.2) is 9.18 Å². The van der Waals surface area contributed by atoms with Crippen LogP contribution in [0.2, 0.25) is 5.02 Å². The molecule has 0 atom stereocenters. The SMILES string of the molecule is CNC(=O)N1CC2(C1)C(=O)N(c1ccc(Cl)c(F)c1)CC(=O)N2Cc1ccc(C(F)(F)F)cc1. The van der Waals surface area contributed by atoms with Crippen molar-refractivity contribution < 1.29 is 31.9 Å². The maximum atomic E-state index is 14.0. The number of nitrogens with one attached hydrogen (secondary N) is 1. The number of anilines is 1. The Hall–Kier alpha value is -3.34. The summed E-state index contributed by atoms with van der Waals surface area (Å²) in [6.45, 7) is -0.774. The van der Waals surface area contributed by atoms with Crippen LogP contribution in [0.15, 0.2) is 42.5 Å². The van der Waals surface area contributed by atoms with Gasteiger partial charge in [0.05, 0.1) is 23.7 Å². The second-order valence-electron chi connectivity index (χ2n) is 8.11. The van der Waals surface area contributed by atoms with Crippen LogP contribution < -0.4 is 10.2 Å². The highest BCUT2D eigenvalue weighted by atomic mass is 35.5. The first-order chi connectivity index (χ1) is 16.0. The highest BCUT2D eigenvalue weighted by molar-refractivity contribution is 6.30. The molecule has 0 saturated carbocycles. The predicted octanol–water partition coefficient (Wildman–Crippen LogP) is 3.27. The van der Waals surface area contributed by atoms with E-state index in [1.807, 2.05) is 0 Å². The Morgan fingerprint density at radius 3 is 2.32 bits per heavy atom. The van der Waals surface area contributed by atoms with E-state index in [0.717, 1.165) is 23.1 Å². The molecule has 2 aromatic carbocycles. The minimum absolute atomic E-state index is 0.121. The van der Waals surface area contributed by atoms with Crippen molar-refractivity contribution in [3.63, 3.8) is 0 Å². The molecule has 2 saturated heterocycles. The number of carbonyl (C=O) groups excluding carboxylic acids is 3. The van der Waals surface area contributed by atoms with Gasteiger partial charge in [0.15, 0.2) is 5.54 Å². The zero-order chi connectivity index (χ0) is 24.8. The van der Waals surface area contributed by atoms with Crippen LogP contribution in [-0.2, 0) is 22.3 Å². The standard InChI is InChI=1S/C22H19ClF4N4O3/c1-28-20(34)29-11-21(12-29)19(33)30(15-6-7-16(23)17(24)8-15)10-18(32)31(21)9-13-2-4-14(5-3-13)22(25,26)27/h2-8H,9-12H2,1H3,(H,28,34). The summed E-state index contributed by atoms with van der Waals surface area (Å²) >= 11 is 5.73. The number of amides is 4. The van der Waals surface area contributed by atoms with E-state index in [1.54, 1.807) is 0 Å². The molecule has 2 aromatic rings. The average Bonchev–Trinajstić information content (AvgIpc) is 2.76. The van der Waals surface area contributed by atoms with Crippen LogP contribution in [0.3, 0.4) is 0 Å². The Morgan fingerprint density at radius 2 is 1.76 bits per heavy atom. The van der Waals surface area contributed by atoms with E-state index < -0.39 is 47.5 Å². The van der Waals surface area contributed by atoms with Crippen LogP contribution in [-0.4, -0.2) is 59.9 Å². The molecular formula is C22H19ClF4N4O3. The fourth-order valence-electron chi connectivity index (χ4n) is 4.17. The predicted molar refractivity (Wildman–Crippen MR) is 115 cm³/mol. The molecule has 0 aliphatic carbocycles. The van der Waals surface area contributed by atoms with Crippen LogP contribution in [0, 0.1) is 5.82 Å². The van der Waals surface area contributed by atoms with Gasteiger partial charge in [-0.1, -0.05) is 23.7 Å². The number of benzene rings is 2. The summed E-state index contributed by atoms with van der Waals surface area (Å²) in [5.74, 6) is -1.78. The Morgan fingerprint density at radius 1 is 1.12 bits per heavy atom. The number of likely N-dealkylation sites (tertiary alicyclic amines) is 1. The Bertz CT molecular complexity index is 1150. The van der Waals surface area contributed by atoms with Gasteiger partial charge < -0.3 is 20.0 Å². The summed E-state index contributed by atoms with van der Waals surface area (Å²) in [7, 11) is 1.42. The zero-order valence-corrected chi connectivity index (χ0v) is 18.6. The lowest BCUT2D eigenvalue weighted by atomic mass is 9.83. The summed E-state index contributed by atoms with van der Waals surface area (Å²) in [5.41, 5.74) is -1.76. The lowest BCUT2D eigenvalue weighted by Gasteiger charge is -2.57. The quantitative estimate of drug-likeness (QED) is 0.660. The second kappa shape index (κ2) is 8.46. The third kappa shape index (κ3) is 4.04. The maximum absolute atomic E-state index is 14.0. The first kappa shape index (κ1) is 23.8. The number of urea groups is 1. The van der Waals surface area contributed by atoms with E-state index in [1.165, 1.54) is 41.1 Å². The van der Waals surface area contributed by atoms with Gasteiger partial charge >= 0.3 is 12.2 Å². The fourth-order valence-corrected chi connectivity index (χ4v) is 4.29. The van der Waals surface area contributed by atoms with Crippen molar-refractivity contribution in [2.24, 2.45) is 0 Å². The van der Waals surface area contributed by atoms with Crippen molar-refractivity contribution >= 4 is 35.1 Å². The molecule has 1 N–H and O–H groups in total. The Kier molecular flexibility index (Phi) is 5.92. The summed E-state index contributed by atoms with van der Waals surface area (Å²) in [5, 5.41) is 2.30. The van der Waals surface area contributed by atoms with Crippen molar-refractivity contribution in [1.82, 2.24) is 15.1 Å². The van der Waals surface area contributed by atoms with Crippen LogP contribution in [0.5, 0.6) is 0 Å². The van der Waals surface area contributed by atoms with Gasteiger partial charge in [-0.05, 0) is 35.9 Å². The molecule has 0 unspecified atom stereocenters. The van der Waals surface area contributed by atoms with E-state index >= 15 is 0 Å². The molecule has 2 heterocycles. The minimum atomic E-state index is -4.51. The van der Waals surface area contributed by atoms with Crippen molar-refractivity contribution in [2.45, 2.75) is 18.3 Å². The molecular weight excluding hydrogens is 480 g/mol. The maximum Gasteiger partial charge on any atom is 0.416 e. The molecule has 2 fully saturated rings. The number of piperazine rings is 1. The first-order valence-corrected chi connectivity index (χ1v) is 10.5. The van der Waals surface area contributed by atoms with E-state index in [-0.39, 0.29) is 30.3 Å². The van der Waals surface area contributed by atoms with Crippen molar-refractivity contribution in [1.29, 1.82) is 0 Å². The van der Waals surface area contributed by atoms with Gasteiger partial charge in [-0.2, -0.15) is 13.2 Å². The number of rotatable bonds is 3. The molecule has 2 aliphatic heterocycles. The van der Waals surface area contributed by atoms with Crippen molar-refractivity contribution in [2.75, 3.05) is 31.6 Å². The average molecular weight is 499 g/mol. The molecule has 4 rings (SSSR count). The largest absolute Gasteiger partial charge is 0.416 e. The van der Waals surface area contributed by atoms with E-state index in [0.29, 0.717) is 5.56 Å². The summed E-state index contributed by atoms with van der Waals surface area (Å²) < 4.78 is 52.7. The van der Waals surface area contributed by atoms with Gasteiger partial charge in [-0.3, -0.25) is 9.59 Å². The summed E-state index contributed by atoms with van der Waals surface area (Å²) in [6, 6.07) is 7.55. The molecule has 180 valence electrons. The zero-order valence-electron chi connectivity index (χ0n) is 17.8. The van der Waals surface area contributed by atoms with Crippen molar-refractivity contribution in [3.8, 4) is 0 Å². The van der Waals surface area contributed by atoms with Gasteiger partial charge in [0.2, 0.25) is 5.91 Å². The van der Waals surface area contributed by atoms with Crippen LogP contribution in [0.1, 0.15) is 11.1 Å². The smallest absolute Gasteiger partial charge is 0.341 e. The third-order valence-corrected chi connectivity index (χ3v) is 6.30. The number of hydrogen-bond donors (Lipinski definition) is 1. The van der Waals surface area contributed by atoms with E-state index in [2.05, 4.69) is 5.32 Å². The topological polar surface area (TPSA) is 73.0 Å². The number of halogens is 5. The van der Waals surface area contributed by atoms with Crippen molar-refractivity contribution in [3.05, 3.63) is 64.4 Å².